The van der Waals surface area contributed by atoms with Crippen LogP contribution in [0.15, 0.2) is 24.3 Å². The molecule has 1 aromatic heterocycles. The second-order valence-corrected chi connectivity index (χ2v) is 4.21. The number of hydrogen-bond acceptors (Lipinski definition) is 7. The number of halogens is 1. The largest absolute Gasteiger partial charge is 0.463 e. The van der Waals surface area contributed by atoms with Crippen molar-refractivity contribution in [3.8, 4) is 17.8 Å². The molecule has 0 aliphatic rings. The molecule has 2 aromatic rings. The van der Waals surface area contributed by atoms with Crippen LogP contribution in [0.5, 0.6) is 17.8 Å². The van der Waals surface area contributed by atoms with Crippen LogP contribution in [-0.4, -0.2) is 21.6 Å². The Balaban J connectivity index is 2.21. The van der Waals surface area contributed by atoms with Crippen molar-refractivity contribution < 1.29 is 9.47 Å². The molecule has 1 heterocycles. The predicted octanol–water partition coefficient (Wildman–Crippen LogP) is 2.39. The van der Waals surface area contributed by atoms with Gasteiger partial charge in [-0.1, -0.05) is 24.6 Å². The van der Waals surface area contributed by atoms with Crippen molar-refractivity contribution in [2.24, 2.45) is 5.84 Å². The third-order valence-corrected chi connectivity index (χ3v) is 2.40. The van der Waals surface area contributed by atoms with Crippen LogP contribution in [0, 0.1) is 0 Å². The molecule has 106 valence electrons. The molecule has 0 saturated carbocycles. The lowest BCUT2D eigenvalue weighted by molar-refractivity contribution is 0.285. The number of nitrogen functional groups attached to an aromatic ring is 1. The zero-order chi connectivity index (χ0) is 14.4. The molecule has 2 rings (SSSR count). The Morgan fingerprint density at radius 2 is 2.05 bits per heavy atom. The number of hydrazine groups is 1. The summed E-state index contributed by atoms with van der Waals surface area (Å²) >= 11 is 5.88. The Kier molecular flexibility index (Phi) is 4.91. The number of anilines is 1. The fourth-order valence-corrected chi connectivity index (χ4v) is 1.52. The lowest BCUT2D eigenvalue weighted by Crippen LogP contribution is -2.13. The molecule has 0 unspecified atom stereocenters. The van der Waals surface area contributed by atoms with Crippen molar-refractivity contribution in [1.82, 2.24) is 15.0 Å². The summed E-state index contributed by atoms with van der Waals surface area (Å²) in [5, 5.41) is 0.552. The number of hydrogen-bond donors (Lipinski definition) is 2. The summed E-state index contributed by atoms with van der Waals surface area (Å²) < 4.78 is 10.8. The van der Waals surface area contributed by atoms with Gasteiger partial charge in [-0.05, 0) is 24.6 Å². The molecular formula is C12H14ClN5O2. The van der Waals surface area contributed by atoms with Crippen molar-refractivity contribution in [3.05, 3.63) is 29.3 Å². The first-order valence-corrected chi connectivity index (χ1v) is 6.38. The molecule has 0 radical (unpaired) electrons. The highest BCUT2D eigenvalue weighted by Gasteiger charge is 2.09. The van der Waals surface area contributed by atoms with E-state index in [2.05, 4.69) is 20.4 Å². The van der Waals surface area contributed by atoms with Gasteiger partial charge in [-0.3, -0.25) is 5.43 Å². The van der Waals surface area contributed by atoms with Crippen LogP contribution in [0.4, 0.5) is 5.95 Å². The lowest BCUT2D eigenvalue weighted by Gasteiger charge is -2.08. The molecule has 0 spiro atoms. The third kappa shape index (κ3) is 3.94. The van der Waals surface area contributed by atoms with E-state index >= 15 is 0 Å². The minimum Gasteiger partial charge on any atom is -0.463 e. The summed E-state index contributed by atoms with van der Waals surface area (Å²) in [6, 6.07) is 7.10. The van der Waals surface area contributed by atoms with Crippen molar-refractivity contribution in [2.45, 2.75) is 13.3 Å². The van der Waals surface area contributed by atoms with Crippen LogP contribution >= 0.6 is 11.6 Å². The Morgan fingerprint density at radius 3 is 2.75 bits per heavy atom. The molecule has 0 bridgehead atoms. The normalized spacial score (nSPS) is 10.2. The third-order valence-electron chi connectivity index (χ3n) is 2.16. The molecule has 20 heavy (non-hydrogen) atoms. The highest BCUT2D eigenvalue weighted by atomic mass is 35.5. The predicted molar refractivity (Wildman–Crippen MR) is 74.9 cm³/mol. The molecule has 0 saturated heterocycles. The molecule has 0 amide bonds. The fourth-order valence-electron chi connectivity index (χ4n) is 1.34. The van der Waals surface area contributed by atoms with Gasteiger partial charge >= 0.3 is 12.0 Å². The molecule has 0 aliphatic heterocycles. The summed E-state index contributed by atoms with van der Waals surface area (Å²) in [7, 11) is 0. The molecule has 3 N–H and O–H groups in total. The minimum absolute atomic E-state index is 0.0707. The van der Waals surface area contributed by atoms with Crippen molar-refractivity contribution in [2.75, 3.05) is 12.0 Å². The summed E-state index contributed by atoms with van der Waals surface area (Å²) in [5.41, 5.74) is 2.33. The zero-order valence-corrected chi connectivity index (χ0v) is 11.6. The molecule has 0 aliphatic carbocycles. The minimum atomic E-state index is 0.0707. The Hall–Kier alpha value is -2.12. The van der Waals surface area contributed by atoms with E-state index in [1.807, 2.05) is 6.92 Å². The average molecular weight is 296 g/mol. The smallest absolute Gasteiger partial charge is 0.330 e. The monoisotopic (exact) mass is 295 g/mol. The number of nitrogens with one attached hydrogen (secondary N) is 1. The van der Waals surface area contributed by atoms with E-state index in [0.29, 0.717) is 17.4 Å². The Bertz CT molecular complexity index is 582. The summed E-state index contributed by atoms with van der Waals surface area (Å²) in [6.07, 6.45) is 0.835. The van der Waals surface area contributed by atoms with Gasteiger partial charge in [-0.25, -0.2) is 5.84 Å². The van der Waals surface area contributed by atoms with Gasteiger partial charge in [0.05, 0.1) is 6.61 Å². The average Bonchev–Trinajstić information content (AvgIpc) is 2.45. The van der Waals surface area contributed by atoms with Crippen LogP contribution in [0.2, 0.25) is 5.02 Å². The van der Waals surface area contributed by atoms with E-state index < -0.39 is 0 Å². The highest BCUT2D eigenvalue weighted by Crippen LogP contribution is 2.23. The van der Waals surface area contributed by atoms with Crippen LogP contribution in [0.1, 0.15) is 13.3 Å². The maximum Gasteiger partial charge on any atom is 0.330 e. The molecule has 1 aromatic carbocycles. The molecular weight excluding hydrogens is 282 g/mol. The van der Waals surface area contributed by atoms with E-state index in [1.165, 1.54) is 0 Å². The second-order valence-electron chi connectivity index (χ2n) is 3.78. The second kappa shape index (κ2) is 6.88. The first-order valence-electron chi connectivity index (χ1n) is 6.00. The van der Waals surface area contributed by atoms with Gasteiger partial charge in [0, 0.05) is 5.02 Å². The first kappa shape index (κ1) is 14.3. The first-order chi connectivity index (χ1) is 9.71. The molecule has 8 heteroatoms. The van der Waals surface area contributed by atoms with E-state index in [1.54, 1.807) is 24.3 Å². The van der Waals surface area contributed by atoms with E-state index in [4.69, 9.17) is 26.9 Å². The van der Waals surface area contributed by atoms with Crippen LogP contribution in [0.25, 0.3) is 0 Å². The van der Waals surface area contributed by atoms with Crippen LogP contribution < -0.4 is 20.7 Å². The zero-order valence-electron chi connectivity index (χ0n) is 10.8. The molecule has 0 atom stereocenters. The number of nitrogens with zero attached hydrogens (tertiary/aromatic N) is 3. The summed E-state index contributed by atoms with van der Waals surface area (Å²) in [6.45, 7) is 2.47. The fraction of sp³-hybridized carbons (Fsp3) is 0.250. The van der Waals surface area contributed by atoms with E-state index in [0.717, 1.165) is 6.42 Å². The van der Waals surface area contributed by atoms with Gasteiger partial charge in [0.2, 0.25) is 5.95 Å². The van der Waals surface area contributed by atoms with E-state index in [-0.39, 0.29) is 18.0 Å². The van der Waals surface area contributed by atoms with Crippen LogP contribution in [0.3, 0.4) is 0 Å². The van der Waals surface area contributed by atoms with Gasteiger partial charge in [0.15, 0.2) is 0 Å². The van der Waals surface area contributed by atoms with Gasteiger partial charge in [0.1, 0.15) is 5.75 Å². The quantitative estimate of drug-likeness (QED) is 0.624. The Labute approximate surface area is 121 Å². The molecule has 7 nitrogen and oxygen atoms in total. The SMILES string of the molecule is CCCOc1nc(NN)nc(Oc2cccc(Cl)c2)n1. The summed E-state index contributed by atoms with van der Waals surface area (Å²) in [4.78, 5) is 12.0. The van der Waals surface area contributed by atoms with Gasteiger partial charge in [-0.15, -0.1) is 4.98 Å². The topological polar surface area (TPSA) is 95.2 Å². The standard InChI is InChI=1S/C12H14ClN5O2/c1-2-6-19-11-15-10(18-14)16-12(17-11)20-9-5-3-4-8(13)7-9/h3-5,7H,2,6,14H2,1H3,(H,15,16,17,18). The summed E-state index contributed by atoms with van der Waals surface area (Å²) in [5.74, 6) is 5.96. The Morgan fingerprint density at radius 1 is 1.25 bits per heavy atom. The number of aromatic nitrogens is 3. The molecule has 0 fully saturated rings. The number of nitrogens with two attached hydrogens (primary N) is 1. The van der Waals surface area contributed by atoms with Gasteiger partial charge in [-0.2, -0.15) is 9.97 Å². The van der Waals surface area contributed by atoms with Crippen LogP contribution in [-0.2, 0) is 0 Å². The van der Waals surface area contributed by atoms with Gasteiger partial charge < -0.3 is 9.47 Å². The van der Waals surface area contributed by atoms with Crippen molar-refractivity contribution in [1.29, 1.82) is 0 Å². The maximum atomic E-state index is 5.88. The number of ether oxygens (including phenoxy) is 2. The van der Waals surface area contributed by atoms with E-state index in [9.17, 15) is 0 Å². The van der Waals surface area contributed by atoms with Gasteiger partial charge in [0.25, 0.3) is 0 Å². The number of benzene rings is 1. The van der Waals surface area contributed by atoms with Crippen molar-refractivity contribution >= 4 is 17.5 Å². The van der Waals surface area contributed by atoms with Crippen molar-refractivity contribution in [3.63, 3.8) is 0 Å². The lowest BCUT2D eigenvalue weighted by atomic mass is 10.3. The maximum absolute atomic E-state index is 5.88. The number of rotatable bonds is 6. The highest BCUT2D eigenvalue weighted by molar-refractivity contribution is 6.30.